The Balaban J connectivity index is 2.27. The van der Waals surface area contributed by atoms with Gasteiger partial charge in [-0.05, 0) is 58.2 Å². The van der Waals surface area contributed by atoms with Crippen LogP contribution in [0.25, 0.3) is 10.4 Å². The minimum atomic E-state index is -5.26. The third kappa shape index (κ3) is 5.40. The molecule has 1 aliphatic rings. The number of azide groups is 1. The Bertz CT molecular complexity index is 869. The van der Waals surface area contributed by atoms with E-state index in [1.807, 2.05) is 4.90 Å². The maximum absolute atomic E-state index is 13.8. The predicted molar refractivity (Wildman–Crippen MR) is 111 cm³/mol. The molecule has 1 fully saturated rings. The molecule has 0 unspecified atom stereocenters. The van der Waals surface area contributed by atoms with Gasteiger partial charge in [-0.25, -0.2) is 4.79 Å². The maximum atomic E-state index is 13.8. The van der Waals surface area contributed by atoms with Crippen LogP contribution in [0.5, 0.6) is 0 Å². The van der Waals surface area contributed by atoms with Crippen molar-refractivity contribution in [2.24, 2.45) is 5.11 Å². The van der Waals surface area contributed by atoms with Gasteiger partial charge < -0.3 is 22.6 Å². The second-order valence-corrected chi connectivity index (χ2v) is 8.62. The minimum Gasteiger partial charge on any atom is -0.445 e. The van der Waals surface area contributed by atoms with E-state index in [2.05, 4.69) is 10.0 Å². The SMILES string of the molecule is Cc1c(CN2CCN(C(=O)OC(C)(C)C)CC2)c(C)c([B-](F)(F)F)c(C)c1N=[N+]=[N-]. The summed E-state index contributed by atoms with van der Waals surface area (Å²) in [6.45, 7) is 6.79. The van der Waals surface area contributed by atoms with Crippen LogP contribution in [0.2, 0.25) is 0 Å². The highest BCUT2D eigenvalue weighted by Gasteiger charge is 2.33. The molecule has 0 atom stereocenters. The molecule has 11 heteroatoms. The summed E-state index contributed by atoms with van der Waals surface area (Å²) in [6.07, 6.45) is -0.391. The number of amides is 1. The van der Waals surface area contributed by atoms with Crippen LogP contribution in [0.3, 0.4) is 0 Å². The van der Waals surface area contributed by atoms with Gasteiger partial charge in [0.05, 0.1) is 0 Å². The highest BCUT2D eigenvalue weighted by Crippen LogP contribution is 2.32. The first-order valence-corrected chi connectivity index (χ1v) is 9.84. The molecule has 7 nitrogen and oxygen atoms in total. The monoisotopic (exact) mass is 426 g/mol. The number of halogens is 3. The molecule has 0 saturated carbocycles. The van der Waals surface area contributed by atoms with Crippen molar-refractivity contribution < 1.29 is 22.5 Å². The zero-order valence-corrected chi connectivity index (χ0v) is 18.3. The highest BCUT2D eigenvalue weighted by atomic mass is 19.4. The third-order valence-electron chi connectivity index (χ3n) is 5.30. The Kier molecular flexibility index (Phi) is 6.99. The second kappa shape index (κ2) is 8.77. The summed E-state index contributed by atoms with van der Waals surface area (Å²) in [5.41, 5.74) is 8.80. The summed E-state index contributed by atoms with van der Waals surface area (Å²) >= 11 is 0. The molecule has 2 rings (SSSR count). The summed E-state index contributed by atoms with van der Waals surface area (Å²) < 4.78 is 46.6. The summed E-state index contributed by atoms with van der Waals surface area (Å²) in [6, 6.07) is 0. The van der Waals surface area contributed by atoms with E-state index >= 15 is 0 Å². The molecule has 0 N–H and O–H groups in total. The van der Waals surface area contributed by atoms with Gasteiger partial charge in [0.15, 0.2) is 0 Å². The van der Waals surface area contributed by atoms with Gasteiger partial charge in [0.1, 0.15) is 5.60 Å². The summed E-state index contributed by atoms with van der Waals surface area (Å²) in [5.74, 6) is 0. The second-order valence-electron chi connectivity index (χ2n) is 8.62. The number of ether oxygens (including phenoxy) is 1. The van der Waals surface area contributed by atoms with Crippen molar-refractivity contribution >= 4 is 24.2 Å². The van der Waals surface area contributed by atoms with Crippen LogP contribution >= 0.6 is 0 Å². The largest absolute Gasteiger partial charge is 0.510 e. The lowest BCUT2D eigenvalue weighted by atomic mass is 9.71. The molecule has 166 valence electrons. The average molecular weight is 426 g/mol. The molecule has 0 bridgehead atoms. The maximum Gasteiger partial charge on any atom is 0.510 e. The molecule has 1 aromatic rings. The van der Waals surface area contributed by atoms with E-state index in [0.717, 1.165) is 0 Å². The van der Waals surface area contributed by atoms with E-state index in [1.165, 1.54) is 13.8 Å². The van der Waals surface area contributed by atoms with Gasteiger partial charge >= 0.3 is 13.1 Å². The van der Waals surface area contributed by atoms with E-state index in [4.69, 9.17) is 10.3 Å². The average Bonchev–Trinajstić information content (AvgIpc) is 2.60. The summed E-state index contributed by atoms with van der Waals surface area (Å²) in [7, 11) is 0. The van der Waals surface area contributed by atoms with E-state index in [0.29, 0.717) is 37.3 Å². The summed E-state index contributed by atoms with van der Waals surface area (Å²) in [5, 5.41) is 3.55. The Morgan fingerprint density at radius 2 is 1.67 bits per heavy atom. The standard InChI is InChI=1S/C19H28BF3N5O2/c1-12-15(13(2)17(25-26-24)14(3)16(12)20(21,22)23)11-27-7-9-28(10-8-27)18(29)30-19(4,5)6/h7-11H2,1-6H3/q-1. The van der Waals surface area contributed by atoms with Crippen molar-refractivity contribution in [1.29, 1.82) is 0 Å². The lowest BCUT2D eigenvalue weighted by Crippen LogP contribution is -2.50. The topological polar surface area (TPSA) is 81.5 Å². The van der Waals surface area contributed by atoms with Gasteiger partial charge in [0.2, 0.25) is 0 Å². The van der Waals surface area contributed by atoms with Crippen molar-refractivity contribution in [3.63, 3.8) is 0 Å². The van der Waals surface area contributed by atoms with Crippen molar-refractivity contribution in [1.82, 2.24) is 9.80 Å². The van der Waals surface area contributed by atoms with E-state index in [9.17, 15) is 17.7 Å². The Morgan fingerprint density at radius 1 is 1.10 bits per heavy atom. The number of carbonyl (C=O) groups is 1. The number of nitrogens with zero attached hydrogens (tertiary/aromatic N) is 5. The quantitative estimate of drug-likeness (QED) is 0.304. The molecule has 0 spiro atoms. The van der Waals surface area contributed by atoms with Gasteiger partial charge in [0, 0.05) is 43.3 Å². The van der Waals surface area contributed by atoms with Gasteiger partial charge in [-0.2, -0.15) is 0 Å². The molecule has 30 heavy (non-hydrogen) atoms. The van der Waals surface area contributed by atoms with Gasteiger partial charge in [0.25, 0.3) is 0 Å². The van der Waals surface area contributed by atoms with Crippen LogP contribution in [0.1, 0.15) is 43.0 Å². The number of benzene rings is 1. The number of hydrogen-bond donors (Lipinski definition) is 0. The lowest BCUT2D eigenvalue weighted by molar-refractivity contribution is 0.0138. The van der Waals surface area contributed by atoms with E-state index < -0.39 is 24.1 Å². The first kappa shape index (κ1) is 23.9. The first-order chi connectivity index (χ1) is 13.8. The molecule has 1 aromatic carbocycles. The van der Waals surface area contributed by atoms with Crippen molar-refractivity contribution in [2.45, 2.75) is 53.7 Å². The normalized spacial score (nSPS) is 15.7. The smallest absolute Gasteiger partial charge is 0.445 e. The van der Waals surface area contributed by atoms with Crippen LogP contribution in [0.15, 0.2) is 5.11 Å². The van der Waals surface area contributed by atoms with Gasteiger partial charge in [-0.3, -0.25) is 4.90 Å². The lowest BCUT2D eigenvalue weighted by Gasteiger charge is -2.36. The molecular weight excluding hydrogens is 398 g/mol. The van der Waals surface area contributed by atoms with Crippen molar-refractivity contribution in [2.75, 3.05) is 26.2 Å². The number of carbonyl (C=O) groups excluding carboxylic acids is 1. The zero-order chi connectivity index (χ0) is 22.9. The van der Waals surface area contributed by atoms with Gasteiger partial charge in [-0.15, -0.1) is 5.46 Å². The molecule has 0 radical (unpaired) electrons. The van der Waals surface area contributed by atoms with E-state index in [-0.39, 0.29) is 23.4 Å². The fourth-order valence-electron chi connectivity index (χ4n) is 3.84. The molecule has 1 amide bonds. The number of hydrogen-bond acceptors (Lipinski definition) is 4. The van der Waals surface area contributed by atoms with Crippen LogP contribution in [-0.2, 0) is 11.3 Å². The van der Waals surface area contributed by atoms with E-state index in [1.54, 1.807) is 32.6 Å². The first-order valence-electron chi connectivity index (χ1n) is 9.84. The van der Waals surface area contributed by atoms with Gasteiger partial charge in [-0.1, -0.05) is 16.2 Å². The van der Waals surface area contributed by atoms with Crippen LogP contribution in [0.4, 0.5) is 23.4 Å². The number of piperazine rings is 1. The Morgan fingerprint density at radius 3 is 2.13 bits per heavy atom. The Hall–Kier alpha value is -2.39. The zero-order valence-electron chi connectivity index (χ0n) is 18.3. The highest BCUT2D eigenvalue weighted by molar-refractivity contribution is 6.74. The van der Waals surface area contributed by atoms with Crippen LogP contribution < -0.4 is 5.46 Å². The fraction of sp³-hybridized carbons (Fsp3) is 0.632. The molecule has 0 aliphatic carbocycles. The molecule has 1 saturated heterocycles. The van der Waals surface area contributed by atoms with Crippen LogP contribution in [-0.4, -0.2) is 54.7 Å². The third-order valence-corrected chi connectivity index (χ3v) is 5.30. The summed E-state index contributed by atoms with van der Waals surface area (Å²) in [4.78, 5) is 18.5. The van der Waals surface area contributed by atoms with Crippen LogP contribution in [0, 0.1) is 20.8 Å². The molecular formula is C19H28BF3N5O2-. The fourth-order valence-corrected chi connectivity index (χ4v) is 3.84. The molecule has 0 aromatic heterocycles. The predicted octanol–water partition coefficient (Wildman–Crippen LogP) is 4.66. The minimum absolute atomic E-state index is 0.0335. The van der Waals surface area contributed by atoms with Crippen molar-refractivity contribution in [3.8, 4) is 0 Å². The number of rotatable bonds is 4. The molecule has 1 aliphatic heterocycles. The molecule has 1 heterocycles. The Labute approximate surface area is 174 Å². The van der Waals surface area contributed by atoms with Crippen molar-refractivity contribution in [3.05, 3.63) is 32.7 Å².